The minimum absolute atomic E-state index is 0.0453. The molecule has 7 nitrogen and oxygen atoms in total. The minimum Gasteiger partial charge on any atom is -0.322 e. The standard InChI is InChI=1S/C24H28FN3O4S/c25-20-9-3-4-10-21(20)26-23(29)17-28-22-13-12-19(16-18(22)8-7-11-24(28)30)33(31,32)27-14-5-1-2-6-15-27/h3-4,9-10,12-13,16H,1-2,5-8,11,14-15,17H2,(H,26,29). The molecule has 0 radical (unpaired) electrons. The summed E-state index contributed by atoms with van der Waals surface area (Å²) in [5, 5.41) is 2.50. The molecule has 1 N–H and O–H groups in total. The van der Waals surface area contributed by atoms with E-state index in [1.807, 2.05) is 0 Å². The summed E-state index contributed by atoms with van der Waals surface area (Å²) in [5.74, 6) is -1.31. The van der Waals surface area contributed by atoms with Crippen molar-refractivity contribution in [3.63, 3.8) is 0 Å². The summed E-state index contributed by atoms with van der Waals surface area (Å²) in [5.41, 5.74) is 1.29. The Balaban J connectivity index is 1.58. The van der Waals surface area contributed by atoms with Gasteiger partial charge in [-0.15, -0.1) is 0 Å². The fraction of sp³-hybridized carbons (Fsp3) is 0.417. The Morgan fingerprint density at radius 3 is 2.42 bits per heavy atom. The fourth-order valence-corrected chi connectivity index (χ4v) is 5.95. The smallest absolute Gasteiger partial charge is 0.244 e. The van der Waals surface area contributed by atoms with Crippen molar-refractivity contribution in [3.8, 4) is 0 Å². The van der Waals surface area contributed by atoms with E-state index in [9.17, 15) is 22.4 Å². The SMILES string of the molecule is O=C(CN1C(=O)CCCc2cc(S(=O)(=O)N3CCCCCC3)ccc21)Nc1ccccc1F. The van der Waals surface area contributed by atoms with Crippen LogP contribution in [-0.2, 0) is 26.0 Å². The highest BCUT2D eigenvalue weighted by molar-refractivity contribution is 7.89. The molecule has 2 aromatic rings. The van der Waals surface area contributed by atoms with E-state index in [0.717, 1.165) is 31.2 Å². The normalized spacial score (nSPS) is 17.7. The fourth-order valence-electron chi connectivity index (χ4n) is 4.39. The van der Waals surface area contributed by atoms with Crippen molar-refractivity contribution < 1.29 is 22.4 Å². The second-order valence-corrected chi connectivity index (χ2v) is 10.4. The molecule has 0 aliphatic carbocycles. The van der Waals surface area contributed by atoms with E-state index in [2.05, 4.69) is 5.32 Å². The Morgan fingerprint density at radius 2 is 1.70 bits per heavy atom. The van der Waals surface area contributed by atoms with Gasteiger partial charge in [0.15, 0.2) is 0 Å². The third-order valence-electron chi connectivity index (χ3n) is 6.13. The molecular formula is C24H28FN3O4S. The van der Waals surface area contributed by atoms with Crippen LogP contribution in [0.5, 0.6) is 0 Å². The van der Waals surface area contributed by atoms with E-state index >= 15 is 0 Å². The van der Waals surface area contributed by atoms with Gasteiger partial charge in [0.25, 0.3) is 0 Å². The lowest BCUT2D eigenvalue weighted by molar-refractivity contribution is -0.121. The second kappa shape index (κ2) is 10.0. The number of anilines is 2. The number of carbonyl (C=O) groups is 2. The Morgan fingerprint density at radius 1 is 0.970 bits per heavy atom. The number of sulfonamides is 1. The van der Waals surface area contributed by atoms with E-state index in [0.29, 0.717) is 31.6 Å². The number of fused-ring (bicyclic) bond motifs is 1. The highest BCUT2D eigenvalue weighted by atomic mass is 32.2. The lowest BCUT2D eigenvalue weighted by atomic mass is 10.1. The summed E-state index contributed by atoms with van der Waals surface area (Å²) in [6.07, 6.45) is 5.10. The van der Waals surface area contributed by atoms with Gasteiger partial charge in [0.05, 0.1) is 10.6 Å². The molecule has 2 aromatic carbocycles. The molecule has 0 spiro atoms. The molecule has 176 valence electrons. The number of nitrogens with one attached hydrogen (secondary N) is 1. The summed E-state index contributed by atoms with van der Waals surface area (Å²) in [4.78, 5) is 26.9. The van der Waals surface area contributed by atoms with Crippen LogP contribution in [-0.4, -0.2) is 44.2 Å². The van der Waals surface area contributed by atoms with Gasteiger partial charge in [-0.1, -0.05) is 25.0 Å². The van der Waals surface area contributed by atoms with Crippen molar-refractivity contribution in [2.75, 3.05) is 29.9 Å². The molecule has 1 fully saturated rings. The maximum Gasteiger partial charge on any atom is 0.244 e. The van der Waals surface area contributed by atoms with Gasteiger partial charge in [-0.25, -0.2) is 12.8 Å². The van der Waals surface area contributed by atoms with Crippen molar-refractivity contribution in [1.29, 1.82) is 0 Å². The number of hydrogen-bond donors (Lipinski definition) is 1. The molecule has 0 unspecified atom stereocenters. The number of aryl methyl sites for hydroxylation is 1. The molecule has 1 saturated heterocycles. The third kappa shape index (κ3) is 5.25. The average Bonchev–Trinajstić information content (AvgIpc) is 3.16. The highest BCUT2D eigenvalue weighted by Gasteiger charge is 2.29. The number of nitrogens with zero attached hydrogens (tertiary/aromatic N) is 2. The molecule has 2 amide bonds. The number of para-hydroxylation sites is 1. The molecule has 2 heterocycles. The van der Waals surface area contributed by atoms with Crippen molar-refractivity contribution >= 4 is 33.2 Å². The highest BCUT2D eigenvalue weighted by Crippen LogP contribution is 2.31. The van der Waals surface area contributed by atoms with Gasteiger partial charge in [-0.2, -0.15) is 4.31 Å². The molecule has 33 heavy (non-hydrogen) atoms. The van der Waals surface area contributed by atoms with Crippen LogP contribution in [0.3, 0.4) is 0 Å². The van der Waals surface area contributed by atoms with Gasteiger partial charge in [-0.3, -0.25) is 9.59 Å². The molecule has 0 bridgehead atoms. The predicted molar refractivity (Wildman–Crippen MR) is 124 cm³/mol. The van der Waals surface area contributed by atoms with Crippen LogP contribution in [0.2, 0.25) is 0 Å². The topological polar surface area (TPSA) is 86.8 Å². The van der Waals surface area contributed by atoms with Crippen LogP contribution in [0, 0.1) is 5.82 Å². The average molecular weight is 474 g/mol. The first kappa shape index (κ1) is 23.4. The number of benzene rings is 2. The van der Waals surface area contributed by atoms with Gasteiger partial charge in [-0.05, 0) is 61.6 Å². The van der Waals surface area contributed by atoms with Crippen LogP contribution in [0.15, 0.2) is 47.4 Å². The summed E-state index contributed by atoms with van der Waals surface area (Å²) < 4.78 is 41.9. The van der Waals surface area contributed by atoms with Crippen LogP contribution in [0.4, 0.5) is 15.8 Å². The molecule has 0 atom stereocenters. The predicted octanol–water partition coefficient (Wildman–Crippen LogP) is 3.70. The maximum absolute atomic E-state index is 13.9. The first-order valence-corrected chi connectivity index (χ1v) is 12.8. The molecule has 9 heteroatoms. The van der Waals surface area contributed by atoms with E-state index in [1.54, 1.807) is 22.5 Å². The molecule has 2 aliphatic heterocycles. The number of amides is 2. The quantitative estimate of drug-likeness (QED) is 0.718. The van der Waals surface area contributed by atoms with Crippen molar-refractivity contribution in [3.05, 3.63) is 53.8 Å². The third-order valence-corrected chi connectivity index (χ3v) is 8.03. The van der Waals surface area contributed by atoms with E-state index in [1.165, 1.54) is 29.2 Å². The lowest BCUT2D eigenvalue weighted by Crippen LogP contribution is -2.38. The molecular weight excluding hydrogens is 445 g/mol. The van der Waals surface area contributed by atoms with Gasteiger partial charge in [0.2, 0.25) is 21.8 Å². The maximum atomic E-state index is 13.9. The van der Waals surface area contributed by atoms with E-state index in [-0.39, 0.29) is 29.5 Å². The van der Waals surface area contributed by atoms with E-state index in [4.69, 9.17) is 0 Å². The molecule has 2 aliphatic rings. The zero-order valence-corrected chi connectivity index (χ0v) is 19.2. The van der Waals surface area contributed by atoms with Crippen molar-refractivity contribution in [1.82, 2.24) is 4.31 Å². The number of halogens is 1. The molecule has 4 rings (SSSR count). The Hall–Kier alpha value is -2.78. The molecule has 0 saturated carbocycles. The van der Waals surface area contributed by atoms with Crippen LogP contribution in [0.1, 0.15) is 44.1 Å². The van der Waals surface area contributed by atoms with Gasteiger partial charge < -0.3 is 10.2 Å². The van der Waals surface area contributed by atoms with Crippen molar-refractivity contribution in [2.24, 2.45) is 0 Å². The zero-order valence-electron chi connectivity index (χ0n) is 18.4. The number of rotatable bonds is 5. The molecule has 0 aromatic heterocycles. The monoisotopic (exact) mass is 473 g/mol. The first-order chi connectivity index (χ1) is 15.9. The summed E-state index contributed by atoms with van der Waals surface area (Å²) in [7, 11) is -3.62. The van der Waals surface area contributed by atoms with E-state index < -0.39 is 21.7 Å². The first-order valence-electron chi connectivity index (χ1n) is 11.3. The van der Waals surface area contributed by atoms with Gasteiger partial charge in [0, 0.05) is 25.2 Å². The zero-order chi connectivity index (χ0) is 23.4. The van der Waals surface area contributed by atoms with Crippen molar-refractivity contribution in [2.45, 2.75) is 49.8 Å². The summed E-state index contributed by atoms with van der Waals surface area (Å²) >= 11 is 0. The second-order valence-electron chi connectivity index (χ2n) is 8.47. The lowest BCUT2D eigenvalue weighted by Gasteiger charge is -2.24. The Kier molecular flexibility index (Phi) is 7.09. The van der Waals surface area contributed by atoms with Crippen LogP contribution < -0.4 is 10.2 Å². The Labute approximate surface area is 193 Å². The van der Waals surface area contributed by atoms with Crippen LogP contribution >= 0.6 is 0 Å². The van der Waals surface area contributed by atoms with Crippen LogP contribution in [0.25, 0.3) is 0 Å². The largest absolute Gasteiger partial charge is 0.322 e. The Bertz CT molecular complexity index is 1140. The van der Waals surface area contributed by atoms with Gasteiger partial charge >= 0.3 is 0 Å². The van der Waals surface area contributed by atoms with Gasteiger partial charge in [0.1, 0.15) is 12.4 Å². The summed E-state index contributed by atoms with van der Waals surface area (Å²) in [6, 6.07) is 10.6. The summed E-state index contributed by atoms with van der Waals surface area (Å²) in [6.45, 7) is 0.749. The number of carbonyl (C=O) groups excluding carboxylic acids is 2. The number of hydrogen-bond acceptors (Lipinski definition) is 4. The minimum atomic E-state index is -3.62.